The van der Waals surface area contributed by atoms with Crippen molar-refractivity contribution in [3.05, 3.63) is 137 Å². The largest absolute Gasteiger partial charge is 0.489 e. The first kappa shape index (κ1) is 28.5. The molecular weight excluding hydrogens is 512 g/mol. The van der Waals surface area contributed by atoms with Crippen molar-refractivity contribution in [1.82, 2.24) is 4.90 Å². The quantitative estimate of drug-likeness (QED) is 0.218. The maximum absolute atomic E-state index is 13.4. The minimum Gasteiger partial charge on any atom is -0.489 e. The maximum Gasteiger partial charge on any atom is 0.326 e. The van der Waals surface area contributed by atoms with E-state index < -0.39 is 23.6 Å². The van der Waals surface area contributed by atoms with Crippen LogP contribution in [0.2, 0.25) is 0 Å². The second-order valence-electron chi connectivity index (χ2n) is 9.69. The van der Waals surface area contributed by atoms with E-state index in [0.717, 1.165) is 17.2 Å². The summed E-state index contributed by atoms with van der Waals surface area (Å²) in [6, 6.07) is 28.8. The predicted molar refractivity (Wildman–Crippen MR) is 149 cm³/mol. The number of likely N-dealkylation sites (N-methyl/N-ethyl adjacent to an activating group) is 1. The van der Waals surface area contributed by atoms with E-state index in [2.05, 4.69) is 0 Å². The molecule has 0 radical (unpaired) electrons. The van der Waals surface area contributed by atoms with Crippen LogP contribution in [0.5, 0.6) is 5.75 Å². The van der Waals surface area contributed by atoms with Gasteiger partial charge in [0.15, 0.2) is 0 Å². The number of halogens is 2. The molecule has 4 aromatic carbocycles. The Balaban J connectivity index is 1.37. The van der Waals surface area contributed by atoms with Gasteiger partial charge in [0.05, 0.1) is 0 Å². The van der Waals surface area contributed by atoms with E-state index in [1.807, 2.05) is 60.7 Å². The molecule has 0 aliphatic carbocycles. The molecular formula is C33H31F2NO4. The molecule has 0 aliphatic heterocycles. The third kappa shape index (κ3) is 7.76. The van der Waals surface area contributed by atoms with Crippen molar-refractivity contribution in [1.29, 1.82) is 0 Å². The molecule has 1 amide bonds. The molecule has 0 saturated heterocycles. The Hall–Kier alpha value is -4.52. The SMILES string of the molecule is CN(C(=O)CCC(c1ccccc1)c1ccccc1)C(Cc1ccc(OCc2cc(F)cc(F)c2)cc1)C(=O)O. The number of carbonyl (C=O) groups excluding carboxylic acids is 1. The fraction of sp³-hybridized carbons (Fsp3) is 0.212. The van der Waals surface area contributed by atoms with Crippen LogP contribution in [0.4, 0.5) is 8.78 Å². The monoisotopic (exact) mass is 543 g/mol. The Morgan fingerprint density at radius 1 is 0.800 bits per heavy atom. The number of rotatable bonds is 12. The summed E-state index contributed by atoms with van der Waals surface area (Å²) in [6.45, 7) is -0.0179. The van der Waals surface area contributed by atoms with Crippen molar-refractivity contribution >= 4 is 11.9 Å². The zero-order valence-electron chi connectivity index (χ0n) is 22.2. The van der Waals surface area contributed by atoms with Crippen LogP contribution in [0.15, 0.2) is 103 Å². The van der Waals surface area contributed by atoms with Crippen molar-refractivity contribution < 1.29 is 28.2 Å². The molecule has 1 atom stereocenters. The zero-order chi connectivity index (χ0) is 28.5. The topological polar surface area (TPSA) is 66.8 Å². The molecule has 0 aliphatic rings. The van der Waals surface area contributed by atoms with Gasteiger partial charge in [0.2, 0.25) is 5.91 Å². The average Bonchev–Trinajstić information content (AvgIpc) is 2.95. The fourth-order valence-electron chi connectivity index (χ4n) is 4.71. The minimum atomic E-state index is -1.09. The maximum atomic E-state index is 13.4. The Morgan fingerprint density at radius 3 is 1.88 bits per heavy atom. The first-order valence-electron chi connectivity index (χ1n) is 13.0. The van der Waals surface area contributed by atoms with Gasteiger partial charge >= 0.3 is 5.97 Å². The Bertz CT molecular complexity index is 1350. The van der Waals surface area contributed by atoms with E-state index in [4.69, 9.17) is 4.74 Å². The van der Waals surface area contributed by atoms with E-state index in [0.29, 0.717) is 23.3 Å². The average molecular weight is 544 g/mol. The number of aliphatic carboxylic acids is 1. The van der Waals surface area contributed by atoms with Crippen molar-refractivity contribution in [2.75, 3.05) is 7.05 Å². The molecule has 7 heteroatoms. The number of amides is 1. The van der Waals surface area contributed by atoms with Crippen molar-refractivity contribution in [3.8, 4) is 5.75 Å². The van der Waals surface area contributed by atoms with E-state index >= 15 is 0 Å². The Labute approximate surface area is 232 Å². The van der Waals surface area contributed by atoms with Crippen molar-refractivity contribution in [3.63, 3.8) is 0 Å². The van der Waals surface area contributed by atoms with Crippen LogP contribution < -0.4 is 4.74 Å². The Kier molecular flexibility index (Phi) is 9.62. The molecule has 1 N–H and O–H groups in total. The normalized spacial score (nSPS) is 11.7. The van der Waals surface area contributed by atoms with E-state index in [-0.39, 0.29) is 31.3 Å². The first-order chi connectivity index (χ1) is 19.3. The van der Waals surface area contributed by atoms with Crippen LogP contribution in [0.1, 0.15) is 41.0 Å². The van der Waals surface area contributed by atoms with Crippen LogP contribution in [-0.2, 0) is 22.6 Å². The lowest BCUT2D eigenvalue weighted by atomic mass is 9.87. The van der Waals surface area contributed by atoms with Crippen molar-refractivity contribution in [2.24, 2.45) is 0 Å². The van der Waals surface area contributed by atoms with Crippen LogP contribution in [0.25, 0.3) is 0 Å². The smallest absolute Gasteiger partial charge is 0.326 e. The van der Waals surface area contributed by atoms with Crippen molar-refractivity contribution in [2.45, 2.75) is 37.8 Å². The van der Waals surface area contributed by atoms with Gasteiger partial charge in [0.25, 0.3) is 0 Å². The summed E-state index contributed by atoms with van der Waals surface area (Å²) >= 11 is 0. The Morgan fingerprint density at radius 2 is 1.35 bits per heavy atom. The van der Waals surface area contributed by atoms with Gasteiger partial charge in [-0.1, -0.05) is 72.8 Å². The summed E-state index contributed by atoms with van der Waals surface area (Å²) in [4.78, 5) is 26.6. The molecule has 0 heterocycles. The molecule has 1 unspecified atom stereocenters. The van der Waals surface area contributed by atoms with Gasteiger partial charge in [0, 0.05) is 31.9 Å². The van der Waals surface area contributed by atoms with Crippen LogP contribution in [0, 0.1) is 11.6 Å². The van der Waals surface area contributed by atoms with Gasteiger partial charge in [-0.3, -0.25) is 4.79 Å². The molecule has 0 bridgehead atoms. The molecule has 40 heavy (non-hydrogen) atoms. The highest BCUT2D eigenvalue weighted by Gasteiger charge is 2.27. The zero-order valence-corrected chi connectivity index (χ0v) is 22.2. The fourth-order valence-corrected chi connectivity index (χ4v) is 4.71. The molecule has 0 saturated carbocycles. The highest BCUT2D eigenvalue weighted by atomic mass is 19.1. The highest BCUT2D eigenvalue weighted by molar-refractivity contribution is 5.83. The van der Waals surface area contributed by atoms with Crippen LogP contribution >= 0.6 is 0 Å². The third-order valence-corrected chi connectivity index (χ3v) is 6.88. The summed E-state index contributed by atoms with van der Waals surface area (Å²) in [5, 5.41) is 9.92. The van der Waals surface area contributed by atoms with Crippen LogP contribution in [-0.4, -0.2) is 35.0 Å². The number of benzene rings is 4. The number of ether oxygens (including phenoxy) is 1. The number of carboxylic acids is 1. The highest BCUT2D eigenvalue weighted by Crippen LogP contribution is 2.29. The van der Waals surface area contributed by atoms with E-state index in [1.165, 1.54) is 24.1 Å². The van der Waals surface area contributed by atoms with Gasteiger partial charge in [0.1, 0.15) is 30.0 Å². The lowest BCUT2D eigenvalue weighted by Gasteiger charge is -2.26. The van der Waals surface area contributed by atoms with Gasteiger partial charge in [-0.15, -0.1) is 0 Å². The molecule has 206 valence electrons. The van der Waals surface area contributed by atoms with Gasteiger partial charge < -0.3 is 14.7 Å². The molecule has 0 fully saturated rings. The summed E-state index contributed by atoms with van der Waals surface area (Å²) in [5.74, 6) is -2.21. The second-order valence-corrected chi connectivity index (χ2v) is 9.69. The lowest BCUT2D eigenvalue weighted by molar-refractivity contribution is -0.149. The summed E-state index contributed by atoms with van der Waals surface area (Å²) in [5.41, 5.74) is 3.27. The summed E-state index contributed by atoms with van der Waals surface area (Å²) < 4.78 is 32.4. The summed E-state index contributed by atoms with van der Waals surface area (Å²) in [7, 11) is 1.52. The standard InChI is InChI=1S/C33H31F2NO4/c1-36(32(37)17-16-30(25-8-4-2-5-9-25)26-10-6-3-7-11-26)31(33(38)39)20-23-12-14-29(15-13-23)40-22-24-18-27(34)21-28(35)19-24/h2-15,18-19,21,30-31H,16-17,20,22H2,1H3,(H,38,39). The summed E-state index contributed by atoms with van der Waals surface area (Å²) in [6.07, 6.45) is 0.862. The number of hydrogen-bond donors (Lipinski definition) is 1. The molecule has 4 aromatic rings. The minimum absolute atomic E-state index is 0.0134. The van der Waals surface area contributed by atoms with E-state index in [1.54, 1.807) is 24.3 Å². The number of carboxylic acid groups (broad SMARTS) is 1. The molecule has 4 rings (SSSR count). The van der Waals surface area contributed by atoms with Gasteiger partial charge in [-0.25, -0.2) is 13.6 Å². The molecule has 0 aromatic heterocycles. The predicted octanol–water partition coefficient (Wildman–Crippen LogP) is 6.61. The first-order valence-corrected chi connectivity index (χ1v) is 13.0. The number of nitrogens with zero attached hydrogens (tertiary/aromatic N) is 1. The molecule has 5 nitrogen and oxygen atoms in total. The van der Waals surface area contributed by atoms with Crippen LogP contribution in [0.3, 0.4) is 0 Å². The molecule has 0 spiro atoms. The van der Waals surface area contributed by atoms with Gasteiger partial charge in [-0.05, 0) is 52.9 Å². The number of hydrogen-bond acceptors (Lipinski definition) is 3. The third-order valence-electron chi connectivity index (χ3n) is 6.88. The number of carbonyl (C=O) groups is 2. The second kappa shape index (κ2) is 13.5. The van der Waals surface area contributed by atoms with Gasteiger partial charge in [-0.2, -0.15) is 0 Å². The lowest BCUT2D eigenvalue weighted by Crippen LogP contribution is -2.43. The van der Waals surface area contributed by atoms with E-state index in [9.17, 15) is 23.5 Å².